The van der Waals surface area contributed by atoms with Crippen LogP contribution in [0.1, 0.15) is 29.3 Å². The Morgan fingerprint density at radius 1 is 1.09 bits per heavy atom. The Morgan fingerprint density at radius 2 is 1.77 bits per heavy atom. The van der Waals surface area contributed by atoms with E-state index in [1.165, 1.54) is 5.56 Å². The van der Waals surface area contributed by atoms with Gasteiger partial charge in [-0.25, -0.2) is 0 Å². The van der Waals surface area contributed by atoms with Crippen LogP contribution < -0.4 is 10.1 Å². The van der Waals surface area contributed by atoms with Crippen molar-refractivity contribution < 1.29 is 9.53 Å². The van der Waals surface area contributed by atoms with Gasteiger partial charge in [-0.3, -0.25) is 4.79 Å². The van der Waals surface area contributed by atoms with Gasteiger partial charge in [-0.2, -0.15) is 0 Å². The molecule has 0 aliphatic carbocycles. The van der Waals surface area contributed by atoms with E-state index in [1.807, 2.05) is 43.3 Å². The normalized spacial score (nSPS) is 10.3. The molecule has 0 aromatic heterocycles. The van der Waals surface area contributed by atoms with Crippen LogP contribution in [0.3, 0.4) is 0 Å². The van der Waals surface area contributed by atoms with E-state index in [0.29, 0.717) is 18.7 Å². The van der Waals surface area contributed by atoms with Gasteiger partial charge in [-0.15, -0.1) is 0 Å². The molecule has 1 amide bonds. The molecule has 0 saturated heterocycles. The average Bonchev–Trinajstić information content (AvgIpc) is 2.54. The summed E-state index contributed by atoms with van der Waals surface area (Å²) in [4.78, 5) is 12.0. The van der Waals surface area contributed by atoms with Gasteiger partial charge in [0.2, 0.25) is 0 Å². The first-order valence-electron chi connectivity index (χ1n) is 7.44. The van der Waals surface area contributed by atoms with E-state index in [-0.39, 0.29) is 5.91 Å². The Labute approximate surface area is 145 Å². The number of benzene rings is 2. The first-order valence-corrected chi connectivity index (χ1v) is 8.52. The van der Waals surface area contributed by atoms with Crippen molar-refractivity contribution in [2.24, 2.45) is 0 Å². The van der Waals surface area contributed by atoms with Crippen molar-refractivity contribution in [1.29, 1.82) is 0 Å². The SMILES string of the molecule is CCOc1ccc(CCCNC(=O)c2ccc(I)cc2)cc1. The summed E-state index contributed by atoms with van der Waals surface area (Å²) in [6.45, 7) is 3.34. The van der Waals surface area contributed by atoms with Gasteiger partial charge >= 0.3 is 0 Å². The van der Waals surface area contributed by atoms with Crippen LogP contribution in [-0.4, -0.2) is 19.1 Å². The van der Waals surface area contributed by atoms with E-state index in [9.17, 15) is 4.79 Å². The molecule has 3 nitrogen and oxygen atoms in total. The fourth-order valence-corrected chi connectivity index (χ4v) is 2.48. The Hall–Kier alpha value is -1.56. The fourth-order valence-electron chi connectivity index (χ4n) is 2.12. The Morgan fingerprint density at radius 3 is 2.41 bits per heavy atom. The van der Waals surface area contributed by atoms with Crippen molar-refractivity contribution in [3.05, 3.63) is 63.2 Å². The minimum atomic E-state index is -0.0110. The lowest BCUT2D eigenvalue weighted by Crippen LogP contribution is -2.24. The van der Waals surface area contributed by atoms with Gasteiger partial charge in [-0.05, 0) is 84.3 Å². The zero-order chi connectivity index (χ0) is 15.8. The Kier molecular flexibility index (Phi) is 6.71. The maximum Gasteiger partial charge on any atom is 0.251 e. The summed E-state index contributed by atoms with van der Waals surface area (Å²) in [6.07, 6.45) is 1.86. The number of hydrogen-bond acceptors (Lipinski definition) is 2. The van der Waals surface area contributed by atoms with Gasteiger partial charge in [0.1, 0.15) is 5.75 Å². The van der Waals surface area contributed by atoms with Gasteiger partial charge in [0.15, 0.2) is 0 Å². The van der Waals surface area contributed by atoms with Crippen molar-refractivity contribution in [3.8, 4) is 5.75 Å². The monoisotopic (exact) mass is 409 g/mol. The fraction of sp³-hybridized carbons (Fsp3) is 0.278. The molecule has 0 heterocycles. The summed E-state index contributed by atoms with van der Waals surface area (Å²) >= 11 is 2.23. The molecule has 2 aromatic carbocycles. The number of rotatable bonds is 7. The Balaban J connectivity index is 1.72. The molecule has 1 N–H and O–H groups in total. The zero-order valence-corrected chi connectivity index (χ0v) is 14.8. The second-order valence-electron chi connectivity index (χ2n) is 4.94. The van der Waals surface area contributed by atoms with Crippen LogP contribution >= 0.6 is 22.6 Å². The van der Waals surface area contributed by atoms with Crippen molar-refractivity contribution in [1.82, 2.24) is 5.32 Å². The molecule has 0 spiro atoms. The molecular weight excluding hydrogens is 389 g/mol. The number of carbonyl (C=O) groups is 1. The topological polar surface area (TPSA) is 38.3 Å². The number of aryl methyl sites for hydroxylation is 1. The highest BCUT2D eigenvalue weighted by atomic mass is 127. The lowest BCUT2D eigenvalue weighted by atomic mass is 10.1. The first-order chi connectivity index (χ1) is 10.7. The van der Waals surface area contributed by atoms with Crippen LogP contribution in [-0.2, 0) is 6.42 Å². The molecule has 22 heavy (non-hydrogen) atoms. The third kappa shape index (κ3) is 5.33. The number of amides is 1. The number of nitrogens with one attached hydrogen (secondary N) is 1. The largest absolute Gasteiger partial charge is 0.494 e. The predicted molar refractivity (Wildman–Crippen MR) is 97.4 cm³/mol. The van der Waals surface area contributed by atoms with Crippen LogP contribution in [0, 0.1) is 3.57 Å². The number of hydrogen-bond donors (Lipinski definition) is 1. The number of halogens is 1. The smallest absolute Gasteiger partial charge is 0.251 e. The van der Waals surface area contributed by atoms with Crippen LogP contribution in [0.15, 0.2) is 48.5 Å². The molecule has 0 radical (unpaired) electrons. The molecule has 0 unspecified atom stereocenters. The Bertz CT molecular complexity index is 593. The maximum absolute atomic E-state index is 12.0. The van der Waals surface area contributed by atoms with Crippen LogP contribution in [0.5, 0.6) is 5.75 Å². The quantitative estimate of drug-likeness (QED) is 0.554. The molecule has 0 aliphatic rings. The highest BCUT2D eigenvalue weighted by molar-refractivity contribution is 14.1. The van der Waals surface area contributed by atoms with Gasteiger partial charge in [0.05, 0.1) is 6.61 Å². The highest BCUT2D eigenvalue weighted by Crippen LogP contribution is 2.13. The first kappa shape index (κ1) is 16.8. The number of ether oxygens (including phenoxy) is 1. The average molecular weight is 409 g/mol. The predicted octanol–water partition coefficient (Wildman–Crippen LogP) is 4.05. The molecular formula is C18H20INO2. The molecule has 2 aromatic rings. The molecule has 2 rings (SSSR count). The lowest BCUT2D eigenvalue weighted by molar-refractivity contribution is 0.0953. The van der Waals surface area contributed by atoms with Gasteiger partial charge < -0.3 is 10.1 Å². The van der Waals surface area contributed by atoms with E-state index in [0.717, 1.165) is 22.2 Å². The highest BCUT2D eigenvalue weighted by Gasteiger charge is 2.04. The van der Waals surface area contributed by atoms with E-state index in [2.05, 4.69) is 40.0 Å². The van der Waals surface area contributed by atoms with E-state index in [1.54, 1.807) is 0 Å². The minimum absolute atomic E-state index is 0.0110. The lowest BCUT2D eigenvalue weighted by Gasteiger charge is -2.07. The van der Waals surface area contributed by atoms with Crippen LogP contribution in [0.25, 0.3) is 0 Å². The van der Waals surface area contributed by atoms with E-state index >= 15 is 0 Å². The van der Waals surface area contributed by atoms with Crippen molar-refractivity contribution >= 4 is 28.5 Å². The van der Waals surface area contributed by atoms with Gasteiger partial charge in [0, 0.05) is 15.7 Å². The zero-order valence-electron chi connectivity index (χ0n) is 12.6. The van der Waals surface area contributed by atoms with Crippen LogP contribution in [0.2, 0.25) is 0 Å². The number of carbonyl (C=O) groups excluding carboxylic acids is 1. The molecule has 0 atom stereocenters. The second kappa shape index (κ2) is 8.78. The molecule has 0 fully saturated rings. The van der Waals surface area contributed by atoms with Gasteiger partial charge in [-0.1, -0.05) is 12.1 Å². The molecule has 0 saturated carbocycles. The summed E-state index contributed by atoms with van der Waals surface area (Å²) in [7, 11) is 0. The molecule has 0 aliphatic heterocycles. The maximum atomic E-state index is 12.0. The summed E-state index contributed by atoms with van der Waals surface area (Å²) in [5, 5.41) is 2.95. The van der Waals surface area contributed by atoms with Crippen molar-refractivity contribution in [3.63, 3.8) is 0 Å². The summed E-state index contributed by atoms with van der Waals surface area (Å²) in [5.41, 5.74) is 1.97. The minimum Gasteiger partial charge on any atom is -0.494 e. The van der Waals surface area contributed by atoms with Crippen molar-refractivity contribution in [2.75, 3.05) is 13.2 Å². The molecule has 116 valence electrons. The molecule has 0 bridgehead atoms. The van der Waals surface area contributed by atoms with Crippen LogP contribution in [0.4, 0.5) is 0 Å². The summed E-state index contributed by atoms with van der Waals surface area (Å²) in [6, 6.07) is 15.7. The third-order valence-electron chi connectivity index (χ3n) is 3.27. The summed E-state index contributed by atoms with van der Waals surface area (Å²) < 4.78 is 6.55. The standard InChI is InChI=1S/C18H20INO2/c1-2-22-17-11-5-14(6-12-17)4-3-13-20-18(21)15-7-9-16(19)10-8-15/h5-12H,2-4,13H2,1H3,(H,20,21). The van der Waals surface area contributed by atoms with Gasteiger partial charge in [0.25, 0.3) is 5.91 Å². The van der Waals surface area contributed by atoms with E-state index in [4.69, 9.17) is 4.74 Å². The van der Waals surface area contributed by atoms with E-state index < -0.39 is 0 Å². The summed E-state index contributed by atoms with van der Waals surface area (Å²) in [5.74, 6) is 0.890. The van der Waals surface area contributed by atoms with Crippen molar-refractivity contribution in [2.45, 2.75) is 19.8 Å². The second-order valence-corrected chi connectivity index (χ2v) is 6.19. The third-order valence-corrected chi connectivity index (χ3v) is 3.99. The molecule has 4 heteroatoms.